The second kappa shape index (κ2) is 36.3. The Morgan fingerprint density at radius 3 is 1.35 bits per heavy atom. The molecule has 23 aromatic carbocycles. The van der Waals surface area contributed by atoms with Gasteiger partial charge in [-0.25, -0.2) is 0 Å². The Kier molecular flexibility index (Phi) is 21.9. The largest absolute Gasteiger partial charge is 0.456 e. The summed E-state index contributed by atoms with van der Waals surface area (Å²) in [6.07, 6.45) is 0. The summed E-state index contributed by atoms with van der Waals surface area (Å²) in [5, 5.41) is 37.3. The van der Waals surface area contributed by atoms with Gasteiger partial charge in [0.2, 0.25) is 0 Å². The van der Waals surface area contributed by atoms with Crippen molar-refractivity contribution in [2.24, 2.45) is 0 Å². The number of benzene rings is 23. The summed E-state index contributed by atoms with van der Waals surface area (Å²) >= 11 is 5.63. The van der Waals surface area contributed by atoms with Crippen LogP contribution in [0, 0.1) is 0 Å². The normalized spacial score (nSPS) is 11.4. The van der Waals surface area contributed by atoms with Crippen molar-refractivity contribution in [1.29, 1.82) is 0 Å². The third-order valence-electron chi connectivity index (χ3n) is 25.9. The molecule has 5 nitrogen and oxygen atoms in total. The van der Waals surface area contributed by atoms with Crippen molar-refractivity contribution in [3.8, 4) is 66.8 Å². The zero-order valence-corrected chi connectivity index (χ0v) is 76.4. The highest BCUT2D eigenvalue weighted by Crippen LogP contribution is 2.49. The molecule has 4 N–H and O–H groups in total. The van der Waals surface area contributed by atoms with Gasteiger partial charge in [0.15, 0.2) is 0 Å². The van der Waals surface area contributed by atoms with Gasteiger partial charge in [-0.1, -0.05) is 358 Å². The molecule has 4 heterocycles. The maximum atomic E-state index is 6.23. The molecule has 0 aliphatic carbocycles. The summed E-state index contributed by atoms with van der Waals surface area (Å²) in [7, 11) is 0. The smallest absolute Gasteiger partial charge is 0.136 e. The molecule has 4 aromatic heterocycles. The lowest BCUT2D eigenvalue weighted by molar-refractivity contribution is 0.669. The molecule has 0 saturated carbocycles. The molecule has 0 aliphatic rings. The lowest BCUT2D eigenvalue weighted by Gasteiger charge is -2.16. The Balaban J connectivity index is 0.000000100. The number of furan rings is 1. The standard InChI is InChI=1S/C40H27NS.C32H21NO.2C28H19NS/c1-2-9-27(10-3-1)32-24-33(31-18-17-28-11-4-5-12-30(28)23-31)26-35(25-32)41-34-21-19-29(20-22-34)36-14-8-15-38-37-13-6-7-16-39(37)42-40(36)38;1-2-11-22(12-3-1)33-28-17-8-15-24-27(28)20-21-10-4-5-13-23(21)31(24)26-16-9-19-30-32(26)25-14-6-7-18-29(25)34-30;1-2-10-20(11-3-1)29-26-16-7-6-13-22(26)23-14-8-15-24-25-18-17-19-9-4-5-12-21(19)27(25)30-28(23)24;1-2-9-22(10-3-1)29-26-18-21(16-20-8-4-5-11-23(20)26)19-14-15-28-25(17-19)24-12-6-7-13-27(24)30-28/h1-26,41H;1-20,33H;2*1-18,29H. The highest BCUT2D eigenvalue weighted by Gasteiger charge is 2.22. The van der Waals surface area contributed by atoms with Gasteiger partial charge in [0.05, 0.1) is 0 Å². The van der Waals surface area contributed by atoms with Crippen molar-refractivity contribution in [3.63, 3.8) is 0 Å². The molecule has 642 valence electrons. The monoisotopic (exact) mass is 1790 g/mol. The van der Waals surface area contributed by atoms with Gasteiger partial charge in [-0.2, -0.15) is 0 Å². The summed E-state index contributed by atoms with van der Waals surface area (Å²) in [5.74, 6) is 0. The molecule has 0 fully saturated rings. The maximum absolute atomic E-state index is 6.23. The second-order valence-electron chi connectivity index (χ2n) is 34.4. The first-order valence-corrected chi connectivity index (χ1v) is 48.5. The van der Waals surface area contributed by atoms with Gasteiger partial charge >= 0.3 is 0 Å². The van der Waals surface area contributed by atoms with Crippen molar-refractivity contribution < 1.29 is 4.42 Å². The van der Waals surface area contributed by atoms with Crippen LogP contribution in [0.5, 0.6) is 0 Å². The molecule has 0 unspecified atom stereocenters. The van der Waals surface area contributed by atoms with E-state index in [0.717, 1.165) is 67.4 Å². The van der Waals surface area contributed by atoms with Gasteiger partial charge in [-0.05, 0) is 238 Å². The van der Waals surface area contributed by atoms with E-state index in [0.29, 0.717) is 0 Å². The summed E-state index contributed by atoms with van der Waals surface area (Å²) in [6, 6.07) is 177. The molecule has 0 atom stereocenters. The number of hydrogen-bond donors (Lipinski definition) is 4. The van der Waals surface area contributed by atoms with E-state index in [1.54, 1.807) is 0 Å². The Bertz CT molecular complexity index is 9180. The van der Waals surface area contributed by atoms with E-state index in [1.807, 2.05) is 64.3 Å². The average Bonchev–Trinajstić information content (AvgIpc) is 1.72. The fraction of sp³-hybridized carbons (Fsp3) is 0. The predicted octanol–water partition coefficient (Wildman–Crippen LogP) is 38.5. The van der Waals surface area contributed by atoms with E-state index in [4.69, 9.17) is 4.42 Å². The van der Waals surface area contributed by atoms with Gasteiger partial charge in [0.1, 0.15) is 11.2 Å². The van der Waals surface area contributed by atoms with Crippen molar-refractivity contribution in [2.75, 3.05) is 21.3 Å². The highest BCUT2D eigenvalue weighted by molar-refractivity contribution is 7.27. The number of rotatable bonds is 14. The molecular formula is C128H86N4OS3. The molecule has 8 heteroatoms. The minimum atomic E-state index is 0.915. The Morgan fingerprint density at radius 2 is 0.610 bits per heavy atom. The molecular weight excluding hydrogens is 1710 g/mol. The number of thiophene rings is 3. The van der Waals surface area contributed by atoms with Crippen LogP contribution in [0.25, 0.3) is 203 Å². The van der Waals surface area contributed by atoms with Crippen LogP contribution in [0.3, 0.4) is 0 Å². The fourth-order valence-electron chi connectivity index (χ4n) is 19.5. The molecule has 136 heavy (non-hydrogen) atoms. The van der Waals surface area contributed by atoms with Crippen LogP contribution in [0.1, 0.15) is 0 Å². The molecule has 0 bridgehead atoms. The van der Waals surface area contributed by atoms with Crippen molar-refractivity contribution in [2.45, 2.75) is 0 Å². The van der Waals surface area contributed by atoms with E-state index in [-0.39, 0.29) is 0 Å². The molecule has 0 amide bonds. The maximum Gasteiger partial charge on any atom is 0.136 e. The van der Waals surface area contributed by atoms with E-state index < -0.39 is 0 Å². The van der Waals surface area contributed by atoms with Crippen LogP contribution in [-0.2, 0) is 0 Å². The van der Waals surface area contributed by atoms with Crippen LogP contribution in [0.15, 0.2) is 502 Å². The molecule has 0 spiro atoms. The fourth-order valence-corrected chi connectivity index (χ4v) is 23.1. The molecule has 27 rings (SSSR count). The summed E-state index contributed by atoms with van der Waals surface area (Å²) < 4.78 is 14.3. The summed E-state index contributed by atoms with van der Waals surface area (Å²) in [5.41, 5.74) is 25.3. The lowest BCUT2D eigenvalue weighted by atomic mass is 9.89. The number of anilines is 8. The number of nitrogens with one attached hydrogen (secondary N) is 4. The quantitative estimate of drug-likeness (QED) is 0.0818. The zero-order valence-electron chi connectivity index (χ0n) is 74.0. The summed E-state index contributed by atoms with van der Waals surface area (Å²) in [6.45, 7) is 0. The Morgan fingerprint density at radius 1 is 0.162 bits per heavy atom. The number of para-hydroxylation sites is 5. The first kappa shape index (κ1) is 82.2. The van der Waals surface area contributed by atoms with Crippen LogP contribution in [0.2, 0.25) is 0 Å². The second-order valence-corrected chi connectivity index (χ2v) is 37.5. The predicted molar refractivity (Wildman–Crippen MR) is 591 cm³/mol. The number of fused-ring (bicyclic) bond motifs is 18. The van der Waals surface area contributed by atoms with Gasteiger partial charge in [0.25, 0.3) is 0 Å². The number of hydrogen-bond acceptors (Lipinski definition) is 8. The lowest BCUT2D eigenvalue weighted by Crippen LogP contribution is -1.93. The zero-order chi connectivity index (χ0) is 90.2. The van der Waals surface area contributed by atoms with Crippen LogP contribution in [0.4, 0.5) is 45.5 Å². The van der Waals surface area contributed by atoms with E-state index in [1.165, 1.54) is 181 Å². The average molecular weight is 1790 g/mol. The van der Waals surface area contributed by atoms with Crippen LogP contribution >= 0.6 is 34.0 Å². The van der Waals surface area contributed by atoms with Gasteiger partial charge in [-0.15, -0.1) is 34.0 Å². The molecule has 0 aliphatic heterocycles. The van der Waals surface area contributed by atoms with Gasteiger partial charge in [0, 0.05) is 139 Å². The van der Waals surface area contributed by atoms with E-state index in [2.05, 4.69) is 488 Å². The van der Waals surface area contributed by atoms with E-state index >= 15 is 0 Å². The van der Waals surface area contributed by atoms with Crippen molar-refractivity contribution in [3.05, 3.63) is 497 Å². The van der Waals surface area contributed by atoms with Crippen molar-refractivity contribution in [1.82, 2.24) is 0 Å². The third-order valence-corrected chi connectivity index (χ3v) is 29.6. The SMILES string of the molecule is c1ccc(-c2cc(Nc3ccc(-c4cccc5c4sc4ccccc45)cc3)cc(-c3ccc4ccccc4c3)c2)cc1.c1ccc(Nc2cc(-c3ccc4sc5ccccc5c4c3)cc3ccccc23)cc1.c1ccc(Nc2cccc3c(-c4cccc5oc6ccccc6c45)c4ccccc4cc23)cc1.c1ccc(Nc2ccccc2-c2cccc3c2sc2c4ccccc4ccc32)cc1. The minimum Gasteiger partial charge on any atom is -0.456 e. The Hall–Kier alpha value is -17.0. The van der Waals surface area contributed by atoms with Gasteiger partial charge in [-0.3, -0.25) is 0 Å². The van der Waals surface area contributed by atoms with Crippen molar-refractivity contribution >= 4 is 216 Å². The molecule has 0 saturated heterocycles. The highest BCUT2D eigenvalue weighted by atomic mass is 32.1. The van der Waals surface area contributed by atoms with E-state index in [9.17, 15) is 0 Å². The van der Waals surface area contributed by atoms with Crippen LogP contribution < -0.4 is 21.3 Å². The molecule has 27 aromatic rings. The summed E-state index contributed by atoms with van der Waals surface area (Å²) in [4.78, 5) is 0. The van der Waals surface area contributed by atoms with Gasteiger partial charge < -0.3 is 25.7 Å². The third kappa shape index (κ3) is 16.2. The topological polar surface area (TPSA) is 61.3 Å². The first-order valence-electron chi connectivity index (χ1n) is 46.0. The molecule has 0 radical (unpaired) electrons. The minimum absolute atomic E-state index is 0.915. The Labute approximate surface area is 799 Å². The van der Waals surface area contributed by atoms with Crippen LogP contribution in [-0.4, -0.2) is 0 Å². The first-order chi connectivity index (χ1) is 67.4.